The van der Waals surface area contributed by atoms with Gasteiger partial charge in [-0.1, -0.05) is 25.4 Å². The highest BCUT2D eigenvalue weighted by Gasteiger charge is 2.29. The van der Waals surface area contributed by atoms with E-state index < -0.39 is 23.1 Å². The maximum atomic E-state index is 12.6. The molecule has 0 aliphatic carbocycles. The molecule has 0 unspecified atom stereocenters. The van der Waals surface area contributed by atoms with Gasteiger partial charge in [0.25, 0.3) is 0 Å². The molecule has 0 fully saturated rings. The normalized spacial score (nSPS) is 10.6. The summed E-state index contributed by atoms with van der Waals surface area (Å²) < 4.78 is 10.7. The summed E-state index contributed by atoms with van der Waals surface area (Å²) in [6.45, 7) is 3.60. The number of benzene rings is 1. The Bertz CT molecular complexity index is 872. The van der Waals surface area contributed by atoms with Crippen molar-refractivity contribution in [2.45, 2.75) is 19.8 Å². The molecule has 0 radical (unpaired) electrons. The van der Waals surface area contributed by atoms with Gasteiger partial charge in [0.1, 0.15) is 5.56 Å². The van der Waals surface area contributed by atoms with E-state index in [0.29, 0.717) is 16.4 Å². The zero-order valence-corrected chi connectivity index (χ0v) is 15.0. The first-order valence-corrected chi connectivity index (χ1v) is 7.79. The predicted octanol–water partition coefficient (Wildman–Crippen LogP) is 2.58. The van der Waals surface area contributed by atoms with Crippen molar-refractivity contribution in [2.24, 2.45) is 0 Å². The first-order valence-electron chi connectivity index (χ1n) is 7.41. The molecule has 132 valence electrons. The van der Waals surface area contributed by atoms with Gasteiger partial charge in [-0.15, -0.1) is 0 Å². The summed E-state index contributed by atoms with van der Waals surface area (Å²) in [5, 5.41) is 4.63. The first-order chi connectivity index (χ1) is 11.8. The van der Waals surface area contributed by atoms with E-state index in [1.807, 2.05) is 0 Å². The third-order valence-electron chi connectivity index (χ3n) is 3.51. The molecule has 0 aliphatic heterocycles. The smallest absolute Gasteiger partial charge is 0.362 e. The molecular weight excluding hydrogens is 348 g/mol. The fourth-order valence-corrected chi connectivity index (χ4v) is 2.51. The van der Waals surface area contributed by atoms with Crippen LogP contribution in [0.4, 0.5) is 0 Å². The van der Waals surface area contributed by atoms with Crippen LogP contribution in [0, 0.1) is 0 Å². The molecule has 0 atom stereocenters. The lowest BCUT2D eigenvalue weighted by Crippen LogP contribution is -2.32. The summed E-state index contributed by atoms with van der Waals surface area (Å²) in [7, 11) is 2.29. The van der Waals surface area contributed by atoms with Crippen molar-refractivity contribution in [3.63, 3.8) is 0 Å². The molecule has 2 rings (SSSR count). The van der Waals surface area contributed by atoms with E-state index in [9.17, 15) is 14.4 Å². The van der Waals surface area contributed by atoms with Crippen molar-refractivity contribution >= 4 is 23.5 Å². The van der Waals surface area contributed by atoms with Crippen LogP contribution in [0.25, 0.3) is 5.69 Å². The fourth-order valence-electron chi connectivity index (χ4n) is 2.38. The molecule has 8 heteroatoms. The average molecular weight is 365 g/mol. The molecule has 1 heterocycles. The quantitative estimate of drug-likeness (QED) is 0.775. The highest BCUT2D eigenvalue weighted by Crippen LogP contribution is 2.22. The van der Waals surface area contributed by atoms with Crippen molar-refractivity contribution in [1.82, 2.24) is 9.78 Å². The Labute approximate surface area is 149 Å². The molecule has 0 saturated carbocycles. The zero-order valence-electron chi connectivity index (χ0n) is 14.2. The summed E-state index contributed by atoms with van der Waals surface area (Å²) >= 11 is 5.91. The van der Waals surface area contributed by atoms with Crippen molar-refractivity contribution in [2.75, 3.05) is 14.2 Å². The van der Waals surface area contributed by atoms with Crippen LogP contribution in [0.1, 0.15) is 46.3 Å². The second-order valence-electron chi connectivity index (χ2n) is 5.46. The van der Waals surface area contributed by atoms with E-state index >= 15 is 0 Å². The number of nitrogens with zero attached hydrogens (tertiary/aromatic N) is 2. The van der Waals surface area contributed by atoms with Gasteiger partial charge in [0, 0.05) is 5.02 Å². The van der Waals surface area contributed by atoms with E-state index in [-0.39, 0.29) is 11.5 Å². The van der Waals surface area contributed by atoms with Crippen molar-refractivity contribution in [3.05, 3.63) is 56.5 Å². The number of carbonyl (C=O) groups excluding carboxylic acids is 2. The highest BCUT2D eigenvalue weighted by molar-refractivity contribution is 6.30. The van der Waals surface area contributed by atoms with Gasteiger partial charge in [0.15, 0.2) is 0 Å². The Morgan fingerprint density at radius 1 is 1.08 bits per heavy atom. The monoisotopic (exact) mass is 364 g/mol. The second-order valence-corrected chi connectivity index (χ2v) is 5.90. The Balaban J connectivity index is 2.93. The summed E-state index contributed by atoms with van der Waals surface area (Å²) in [6.07, 6.45) is 0. The van der Waals surface area contributed by atoms with Gasteiger partial charge in [0.2, 0.25) is 11.1 Å². The first kappa shape index (κ1) is 18.7. The summed E-state index contributed by atoms with van der Waals surface area (Å²) in [5.74, 6) is -2.03. The highest BCUT2D eigenvalue weighted by atomic mass is 35.5. The molecule has 0 amide bonds. The molecule has 0 bridgehead atoms. The van der Waals surface area contributed by atoms with Crippen LogP contribution in [0.3, 0.4) is 0 Å². The molecule has 2 aromatic rings. The SMILES string of the molecule is COC(=O)c1nn(-c2ccc(Cl)cc2)c(C(C)C)c(C(=O)OC)c1=O. The topological polar surface area (TPSA) is 87.5 Å². The predicted molar refractivity (Wildman–Crippen MR) is 91.6 cm³/mol. The van der Waals surface area contributed by atoms with Gasteiger partial charge in [-0.2, -0.15) is 5.10 Å². The molecule has 0 spiro atoms. The standard InChI is InChI=1S/C17H17ClN2O5/c1-9(2)14-12(16(22)24-3)15(21)13(17(23)25-4)19-20(14)11-7-5-10(18)6-8-11/h5-9H,1-4H3. The molecule has 25 heavy (non-hydrogen) atoms. The third-order valence-corrected chi connectivity index (χ3v) is 3.76. The summed E-state index contributed by atoms with van der Waals surface area (Å²) in [6, 6.07) is 6.59. The maximum Gasteiger partial charge on any atom is 0.362 e. The van der Waals surface area contributed by atoms with Crippen molar-refractivity contribution < 1.29 is 19.1 Å². The lowest BCUT2D eigenvalue weighted by Gasteiger charge is -2.19. The molecule has 0 N–H and O–H groups in total. The molecule has 1 aromatic heterocycles. The van der Waals surface area contributed by atoms with Crippen molar-refractivity contribution in [1.29, 1.82) is 0 Å². The molecule has 1 aromatic carbocycles. The number of esters is 2. The molecule has 7 nitrogen and oxygen atoms in total. The van der Waals surface area contributed by atoms with Gasteiger partial charge >= 0.3 is 11.9 Å². The Kier molecular flexibility index (Phi) is 5.58. The number of hydrogen-bond donors (Lipinski definition) is 0. The maximum absolute atomic E-state index is 12.6. The Hall–Kier alpha value is -2.67. The van der Waals surface area contributed by atoms with E-state index in [2.05, 4.69) is 9.84 Å². The minimum absolute atomic E-state index is 0.247. The Morgan fingerprint density at radius 2 is 1.64 bits per heavy atom. The van der Waals surface area contributed by atoms with E-state index in [1.165, 1.54) is 4.68 Å². The van der Waals surface area contributed by atoms with Crippen LogP contribution in [0.5, 0.6) is 0 Å². The van der Waals surface area contributed by atoms with Crippen LogP contribution in [-0.2, 0) is 9.47 Å². The fraction of sp³-hybridized carbons (Fsp3) is 0.294. The van der Waals surface area contributed by atoms with Gasteiger partial charge in [-0.3, -0.25) is 4.79 Å². The average Bonchev–Trinajstić information content (AvgIpc) is 2.60. The van der Waals surface area contributed by atoms with Crippen LogP contribution >= 0.6 is 11.6 Å². The van der Waals surface area contributed by atoms with Crippen LogP contribution in [0.2, 0.25) is 5.02 Å². The van der Waals surface area contributed by atoms with Crippen molar-refractivity contribution in [3.8, 4) is 5.69 Å². The lowest BCUT2D eigenvalue weighted by atomic mass is 10.0. The van der Waals surface area contributed by atoms with Gasteiger partial charge in [0.05, 0.1) is 25.6 Å². The number of halogens is 1. The lowest BCUT2D eigenvalue weighted by molar-refractivity contribution is 0.0586. The number of hydrogen-bond acceptors (Lipinski definition) is 6. The summed E-state index contributed by atoms with van der Waals surface area (Å²) in [5.41, 5.74) is -0.715. The largest absolute Gasteiger partial charge is 0.465 e. The molecular formula is C17H17ClN2O5. The number of methoxy groups -OCH3 is 2. The van der Waals surface area contributed by atoms with Crippen LogP contribution in [-0.4, -0.2) is 35.9 Å². The molecule has 0 aliphatic rings. The second kappa shape index (κ2) is 7.48. The van der Waals surface area contributed by atoms with E-state index in [1.54, 1.807) is 38.1 Å². The van der Waals surface area contributed by atoms with Crippen LogP contribution in [0.15, 0.2) is 29.1 Å². The van der Waals surface area contributed by atoms with Crippen LogP contribution < -0.4 is 5.43 Å². The van der Waals surface area contributed by atoms with Gasteiger partial charge in [-0.05, 0) is 30.2 Å². The minimum Gasteiger partial charge on any atom is -0.465 e. The third kappa shape index (κ3) is 3.56. The van der Waals surface area contributed by atoms with Gasteiger partial charge < -0.3 is 9.47 Å². The Morgan fingerprint density at radius 3 is 2.12 bits per heavy atom. The number of ether oxygens (including phenoxy) is 2. The van der Waals surface area contributed by atoms with Gasteiger partial charge in [-0.25, -0.2) is 14.3 Å². The molecule has 0 saturated heterocycles. The van der Waals surface area contributed by atoms with E-state index in [0.717, 1.165) is 14.2 Å². The summed E-state index contributed by atoms with van der Waals surface area (Å²) in [4.78, 5) is 36.8. The number of aromatic nitrogens is 2. The minimum atomic E-state index is -0.937. The number of carbonyl (C=O) groups is 2. The zero-order chi connectivity index (χ0) is 18.7. The number of rotatable bonds is 4. The van der Waals surface area contributed by atoms with E-state index in [4.69, 9.17) is 16.3 Å².